The normalized spacial score (nSPS) is 11.4. The first-order chi connectivity index (χ1) is 13.3. The molecule has 0 heterocycles. The third-order valence-corrected chi connectivity index (χ3v) is 5.43. The van der Waals surface area contributed by atoms with Crippen molar-refractivity contribution in [1.29, 1.82) is 0 Å². The summed E-state index contributed by atoms with van der Waals surface area (Å²) >= 11 is 0. The largest absolute Gasteiger partial charge is 0.0998 e. The maximum Gasteiger partial charge on any atom is -0.00695 e. The third kappa shape index (κ3) is 8.05. The van der Waals surface area contributed by atoms with Gasteiger partial charge in [-0.25, -0.2) is 0 Å². The highest BCUT2D eigenvalue weighted by molar-refractivity contribution is 5.61. The van der Waals surface area contributed by atoms with Crippen molar-refractivity contribution >= 4 is 6.08 Å². The van der Waals surface area contributed by atoms with E-state index in [0.29, 0.717) is 0 Å². The number of unbranched alkanes of at least 4 members (excludes halogenated alkanes) is 2. The van der Waals surface area contributed by atoms with Gasteiger partial charge in [0.05, 0.1) is 0 Å². The molecule has 1 aromatic rings. The Bertz CT molecular complexity index is 721. The first-order valence-electron chi connectivity index (χ1n) is 11.0. The van der Waals surface area contributed by atoms with Crippen LogP contribution in [-0.4, -0.2) is 0 Å². The monoisotopic (exact) mass is 378 g/mol. The summed E-state index contributed by atoms with van der Waals surface area (Å²) in [5, 5.41) is 0. The minimum Gasteiger partial charge on any atom is -0.0998 e. The van der Waals surface area contributed by atoms with Crippen molar-refractivity contribution in [2.45, 2.75) is 92.9 Å². The van der Waals surface area contributed by atoms with Crippen molar-refractivity contribution in [1.82, 2.24) is 0 Å². The topological polar surface area (TPSA) is 0 Å². The van der Waals surface area contributed by atoms with Crippen LogP contribution in [0.3, 0.4) is 0 Å². The third-order valence-electron chi connectivity index (χ3n) is 5.43. The van der Waals surface area contributed by atoms with E-state index >= 15 is 0 Å². The van der Waals surface area contributed by atoms with Gasteiger partial charge in [-0.15, -0.1) is 0 Å². The first-order valence-corrected chi connectivity index (χ1v) is 11.0. The van der Waals surface area contributed by atoms with Gasteiger partial charge >= 0.3 is 0 Å². The van der Waals surface area contributed by atoms with Crippen molar-refractivity contribution in [3.63, 3.8) is 0 Å². The molecule has 0 unspecified atom stereocenters. The summed E-state index contributed by atoms with van der Waals surface area (Å²) in [4.78, 5) is 0. The lowest BCUT2D eigenvalue weighted by Crippen LogP contribution is -2.04. The second-order valence-corrected chi connectivity index (χ2v) is 8.58. The van der Waals surface area contributed by atoms with Gasteiger partial charge in [-0.2, -0.15) is 0 Å². The van der Waals surface area contributed by atoms with Crippen molar-refractivity contribution in [2.24, 2.45) is 0 Å². The molecule has 0 aliphatic heterocycles. The summed E-state index contributed by atoms with van der Waals surface area (Å²) in [6.07, 6.45) is 16.0. The molecule has 0 atom stereocenters. The number of aryl methyl sites for hydroxylation is 1. The van der Waals surface area contributed by atoms with E-state index in [-0.39, 0.29) is 0 Å². The summed E-state index contributed by atoms with van der Waals surface area (Å²) in [5.41, 5.74) is 11.3. The van der Waals surface area contributed by atoms with Gasteiger partial charge in [0, 0.05) is 0 Å². The van der Waals surface area contributed by atoms with Crippen LogP contribution >= 0.6 is 0 Å². The summed E-state index contributed by atoms with van der Waals surface area (Å²) in [6, 6.07) is 2.44. The quantitative estimate of drug-likeness (QED) is 0.252. The summed E-state index contributed by atoms with van der Waals surface area (Å²) in [7, 11) is 0. The predicted octanol–water partition coefficient (Wildman–Crippen LogP) is 8.72. The van der Waals surface area contributed by atoms with Gasteiger partial charge in [0.25, 0.3) is 0 Å². The highest BCUT2D eigenvalue weighted by atomic mass is 14.2. The van der Waals surface area contributed by atoms with Gasteiger partial charge in [-0.1, -0.05) is 73.9 Å². The zero-order valence-corrected chi connectivity index (χ0v) is 19.4. The van der Waals surface area contributed by atoms with Crippen molar-refractivity contribution in [3.05, 3.63) is 75.9 Å². The lowest BCUT2D eigenvalue weighted by atomic mass is 9.86. The van der Waals surface area contributed by atoms with Crippen LogP contribution in [0, 0.1) is 6.92 Å². The average molecular weight is 379 g/mol. The maximum atomic E-state index is 4.18. The Balaban J connectivity index is 3.18. The SMILES string of the molecule is C=Cc1c(CCCCC)cc(CC(=C)C)c(C/C=C(\C)CCC=C(C)C)c1C. The highest BCUT2D eigenvalue weighted by Gasteiger charge is 2.13. The van der Waals surface area contributed by atoms with E-state index in [1.54, 1.807) is 0 Å². The molecule has 0 N–H and O–H groups in total. The zero-order chi connectivity index (χ0) is 21.1. The molecule has 0 heteroatoms. The fourth-order valence-corrected chi connectivity index (χ4v) is 3.81. The zero-order valence-electron chi connectivity index (χ0n) is 19.4. The van der Waals surface area contributed by atoms with Gasteiger partial charge in [0.2, 0.25) is 0 Å². The van der Waals surface area contributed by atoms with E-state index in [0.717, 1.165) is 32.1 Å². The molecule has 0 saturated heterocycles. The molecule has 154 valence electrons. The lowest BCUT2D eigenvalue weighted by Gasteiger charge is -2.19. The van der Waals surface area contributed by atoms with E-state index < -0.39 is 0 Å². The fraction of sp³-hybridized carbons (Fsp3) is 0.500. The molecule has 0 amide bonds. The molecule has 0 fully saturated rings. The van der Waals surface area contributed by atoms with Gasteiger partial charge in [-0.3, -0.25) is 0 Å². The van der Waals surface area contributed by atoms with Gasteiger partial charge < -0.3 is 0 Å². The van der Waals surface area contributed by atoms with Crippen molar-refractivity contribution in [2.75, 3.05) is 0 Å². The van der Waals surface area contributed by atoms with Crippen LogP contribution in [0.5, 0.6) is 0 Å². The fourth-order valence-electron chi connectivity index (χ4n) is 3.81. The average Bonchev–Trinajstić information content (AvgIpc) is 2.61. The molecule has 0 bridgehead atoms. The van der Waals surface area contributed by atoms with Crippen LogP contribution in [0.1, 0.15) is 94.5 Å². The molecule has 1 rings (SSSR count). The molecule has 0 aromatic heterocycles. The second-order valence-electron chi connectivity index (χ2n) is 8.58. The summed E-state index contributed by atoms with van der Waals surface area (Å²) in [6.45, 7) is 21.6. The van der Waals surface area contributed by atoms with E-state index in [9.17, 15) is 0 Å². The highest BCUT2D eigenvalue weighted by Crippen LogP contribution is 2.28. The summed E-state index contributed by atoms with van der Waals surface area (Å²) < 4.78 is 0. The van der Waals surface area contributed by atoms with Crippen LogP contribution in [-0.2, 0) is 19.3 Å². The molecule has 0 radical (unpaired) electrons. The van der Waals surface area contributed by atoms with E-state index in [4.69, 9.17) is 0 Å². The molecule has 0 aliphatic carbocycles. The molecule has 0 saturated carbocycles. The van der Waals surface area contributed by atoms with Crippen LogP contribution in [0.2, 0.25) is 0 Å². The number of hydrogen-bond acceptors (Lipinski definition) is 0. The Hall–Kier alpha value is -1.82. The molecule has 1 aromatic carbocycles. The Morgan fingerprint density at radius 3 is 2.32 bits per heavy atom. The number of rotatable bonds is 12. The second kappa shape index (κ2) is 12.6. The Morgan fingerprint density at radius 2 is 1.75 bits per heavy atom. The first kappa shape index (κ1) is 24.2. The van der Waals surface area contributed by atoms with Crippen LogP contribution in [0.15, 0.2) is 48.1 Å². The molecule has 28 heavy (non-hydrogen) atoms. The van der Waals surface area contributed by atoms with Gasteiger partial charge in [0.1, 0.15) is 0 Å². The molecular weight excluding hydrogens is 336 g/mol. The van der Waals surface area contributed by atoms with Crippen LogP contribution < -0.4 is 0 Å². The van der Waals surface area contributed by atoms with Crippen LogP contribution in [0.25, 0.3) is 6.08 Å². The number of hydrogen-bond donors (Lipinski definition) is 0. The molecule has 0 aliphatic rings. The maximum absolute atomic E-state index is 4.18. The Morgan fingerprint density at radius 1 is 1.04 bits per heavy atom. The van der Waals surface area contributed by atoms with Crippen LogP contribution in [0.4, 0.5) is 0 Å². The van der Waals surface area contributed by atoms with E-state index in [1.807, 2.05) is 0 Å². The predicted molar refractivity (Wildman–Crippen MR) is 129 cm³/mol. The smallest absolute Gasteiger partial charge is 0.00695 e. The van der Waals surface area contributed by atoms with Gasteiger partial charge in [-0.05, 0) is 101 Å². The molecule has 0 nitrogen and oxygen atoms in total. The molecular formula is C28H42. The lowest BCUT2D eigenvalue weighted by molar-refractivity contribution is 0.715. The van der Waals surface area contributed by atoms with E-state index in [1.165, 1.54) is 63.8 Å². The van der Waals surface area contributed by atoms with Crippen molar-refractivity contribution < 1.29 is 0 Å². The molecule has 0 spiro atoms. The summed E-state index contributed by atoms with van der Waals surface area (Å²) in [5.74, 6) is 0. The number of benzene rings is 1. The van der Waals surface area contributed by atoms with E-state index in [2.05, 4.69) is 79.0 Å². The standard InChI is InChI=1S/C28H42/c1-9-11-12-16-25-20-26(19-22(5)6)28(24(8)27(25)10-2)18-17-23(7)15-13-14-21(3)4/h10,14,17,20H,2,5,9,11-13,15-16,18-19H2,1,3-4,6-8H3/b23-17+. The Labute approximate surface area is 175 Å². The van der Waals surface area contributed by atoms with Gasteiger partial charge in [0.15, 0.2) is 0 Å². The number of allylic oxidation sites excluding steroid dienone is 5. The minimum atomic E-state index is 0.971. The Kier molecular flexibility index (Phi) is 10.9. The minimum absolute atomic E-state index is 0.971. The van der Waals surface area contributed by atoms with Crippen molar-refractivity contribution in [3.8, 4) is 0 Å².